The molecule has 0 aliphatic carbocycles. The van der Waals surface area contributed by atoms with E-state index in [2.05, 4.69) is 10.3 Å². The maximum Gasteiger partial charge on any atom is 0.138 e. The van der Waals surface area contributed by atoms with Crippen LogP contribution in [-0.4, -0.2) is 24.2 Å². The summed E-state index contributed by atoms with van der Waals surface area (Å²) in [6, 6.07) is 10.2. The van der Waals surface area contributed by atoms with Crippen LogP contribution in [0.5, 0.6) is 5.75 Å². The predicted molar refractivity (Wildman–Crippen MR) is 95.7 cm³/mol. The summed E-state index contributed by atoms with van der Waals surface area (Å²) in [4.78, 5) is 4.25. The number of nitrogens with zero attached hydrogens (tertiary/aromatic N) is 1. The van der Waals surface area contributed by atoms with Crippen molar-refractivity contribution in [1.82, 2.24) is 10.3 Å². The monoisotopic (exact) mass is 360 g/mol. The Morgan fingerprint density at radius 2 is 1.91 bits per heavy atom. The number of hydrogen-bond acceptors (Lipinski definition) is 3. The van der Waals surface area contributed by atoms with Gasteiger partial charge in [0.1, 0.15) is 12.4 Å². The first-order chi connectivity index (χ1) is 9.81. The van der Waals surface area contributed by atoms with E-state index in [1.807, 2.05) is 36.5 Å². The van der Waals surface area contributed by atoms with Gasteiger partial charge in [-0.15, -0.1) is 24.8 Å². The molecule has 1 aromatic carbocycles. The molecule has 3 rings (SSSR count). The fourth-order valence-corrected chi connectivity index (χ4v) is 2.52. The molecule has 2 aromatic rings. The number of rotatable bonds is 4. The molecule has 1 aliphatic heterocycles. The zero-order valence-electron chi connectivity index (χ0n) is 12.0. The highest BCUT2D eigenvalue weighted by molar-refractivity contribution is 6.30. The van der Waals surface area contributed by atoms with E-state index >= 15 is 0 Å². The molecule has 120 valence electrons. The predicted octanol–water partition coefficient (Wildman–Crippen LogP) is 4.38. The lowest BCUT2D eigenvalue weighted by Crippen LogP contribution is -2.28. The van der Waals surface area contributed by atoms with E-state index in [-0.39, 0.29) is 24.8 Å². The van der Waals surface area contributed by atoms with E-state index in [1.54, 1.807) is 6.20 Å². The molecule has 3 nitrogen and oxygen atoms in total. The van der Waals surface area contributed by atoms with Crippen molar-refractivity contribution in [3.63, 3.8) is 0 Å². The van der Waals surface area contributed by atoms with Crippen molar-refractivity contribution in [1.29, 1.82) is 0 Å². The molecule has 0 spiro atoms. The molecule has 0 bridgehead atoms. The second-order valence-electron chi connectivity index (χ2n) is 5.02. The smallest absolute Gasteiger partial charge is 0.138 e. The third kappa shape index (κ3) is 5.03. The quantitative estimate of drug-likeness (QED) is 0.877. The van der Waals surface area contributed by atoms with Crippen LogP contribution in [0.25, 0.3) is 11.1 Å². The topological polar surface area (TPSA) is 34.1 Å². The second-order valence-corrected chi connectivity index (χ2v) is 5.46. The summed E-state index contributed by atoms with van der Waals surface area (Å²) in [7, 11) is 0. The third-order valence-corrected chi connectivity index (χ3v) is 3.76. The molecule has 0 unspecified atom stereocenters. The van der Waals surface area contributed by atoms with E-state index in [0.717, 1.165) is 28.4 Å². The second kappa shape index (κ2) is 9.21. The van der Waals surface area contributed by atoms with E-state index in [9.17, 15) is 0 Å². The molecule has 6 heteroatoms. The molecule has 1 N–H and O–H groups in total. The molecule has 1 aromatic heterocycles. The highest BCUT2D eigenvalue weighted by Crippen LogP contribution is 2.24. The van der Waals surface area contributed by atoms with Gasteiger partial charge in [0, 0.05) is 22.8 Å². The maximum absolute atomic E-state index is 5.91. The number of benzene rings is 1. The first-order valence-corrected chi connectivity index (χ1v) is 7.26. The highest BCUT2D eigenvalue weighted by atomic mass is 35.5. The van der Waals surface area contributed by atoms with Gasteiger partial charge in [0.25, 0.3) is 0 Å². The van der Waals surface area contributed by atoms with Crippen LogP contribution < -0.4 is 10.1 Å². The Balaban J connectivity index is 0.00000121. The molecule has 1 fully saturated rings. The van der Waals surface area contributed by atoms with Gasteiger partial charge in [-0.25, -0.2) is 0 Å². The molecule has 2 heterocycles. The third-order valence-electron chi connectivity index (χ3n) is 3.50. The van der Waals surface area contributed by atoms with Gasteiger partial charge in [0.2, 0.25) is 0 Å². The van der Waals surface area contributed by atoms with Crippen LogP contribution >= 0.6 is 36.4 Å². The van der Waals surface area contributed by atoms with Gasteiger partial charge < -0.3 is 10.1 Å². The number of pyridine rings is 1. The van der Waals surface area contributed by atoms with Gasteiger partial charge >= 0.3 is 0 Å². The van der Waals surface area contributed by atoms with Crippen LogP contribution in [0.15, 0.2) is 42.7 Å². The van der Waals surface area contributed by atoms with Gasteiger partial charge in [0.05, 0.1) is 6.20 Å². The number of aromatic nitrogens is 1. The molecule has 0 radical (unpaired) electrons. The van der Waals surface area contributed by atoms with Crippen LogP contribution in [0, 0.1) is 0 Å². The Labute approximate surface area is 148 Å². The van der Waals surface area contributed by atoms with Crippen LogP contribution in [-0.2, 0) is 0 Å². The molecular formula is C16H19Cl3N2O. The fourth-order valence-electron chi connectivity index (χ4n) is 2.39. The van der Waals surface area contributed by atoms with Crippen LogP contribution in [0.2, 0.25) is 5.02 Å². The minimum Gasteiger partial charge on any atom is -0.490 e. The standard InChI is InChI=1S/C16H17ClN2O.2ClH/c17-14-5-3-12(4-6-14)13-8-16(10-18-9-13)20-11-15-2-1-7-19-15;;/h3-6,8-10,15,19H,1-2,7,11H2;2*1H/t15-;;/m0../s1. The van der Waals surface area contributed by atoms with Crippen molar-refractivity contribution >= 4 is 36.4 Å². The Morgan fingerprint density at radius 1 is 1.14 bits per heavy atom. The summed E-state index contributed by atoms with van der Waals surface area (Å²) >= 11 is 5.91. The van der Waals surface area contributed by atoms with Crippen molar-refractivity contribution in [2.45, 2.75) is 18.9 Å². The molecular weight excluding hydrogens is 343 g/mol. The summed E-state index contributed by atoms with van der Waals surface area (Å²) in [5, 5.41) is 4.16. The lowest BCUT2D eigenvalue weighted by molar-refractivity contribution is 0.276. The minimum absolute atomic E-state index is 0. The minimum atomic E-state index is 0. The van der Waals surface area contributed by atoms with E-state index < -0.39 is 0 Å². The zero-order chi connectivity index (χ0) is 13.8. The summed E-state index contributed by atoms with van der Waals surface area (Å²) in [6.07, 6.45) is 6.01. The summed E-state index contributed by atoms with van der Waals surface area (Å²) in [5.74, 6) is 0.811. The molecule has 1 aliphatic rings. The summed E-state index contributed by atoms with van der Waals surface area (Å²) < 4.78 is 5.82. The summed E-state index contributed by atoms with van der Waals surface area (Å²) in [6.45, 7) is 1.79. The van der Waals surface area contributed by atoms with Crippen molar-refractivity contribution < 1.29 is 4.74 Å². The van der Waals surface area contributed by atoms with Crippen molar-refractivity contribution in [3.8, 4) is 16.9 Å². The van der Waals surface area contributed by atoms with Gasteiger partial charge in [-0.3, -0.25) is 4.98 Å². The Kier molecular flexibility index (Phi) is 7.97. The molecule has 0 amide bonds. The van der Waals surface area contributed by atoms with Crippen LogP contribution in [0.4, 0.5) is 0 Å². The highest BCUT2D eigenvalue weighted by Gasteiger charge is 2.14. The molecule has 1 saturated heterocycles. The number of hydrogen-bond donors (Lipinski definition) is 1. The van der Waals surface area contributed by atoms with Gasteiger partial charge in [-0.1, -0.05) is 23.7 Å². The van der Waals surface area contributed by atoms with E-state index in [0.29, 0.717) is 12.6 Å². The van der Waals surface area contributed by atoms with Gasteiger partial charge in [-0.2, -0.15) is 0 Å². The SMILES string of the molecule is Cl.Cl.Clc1ccc(-c2cncc(OC[C@@H]3CCCN3)c2)cc1. The first kappa shape index (κ1) is 19.0. The Bertz CT molecular complexity index is 572. The maximum atomic E-state index is 5.91. The lowest BCUT2D eigenvalue weighted by atomic mass is 10.1. The van der Waals surface area contributed by atoms with E-state index in [4.69, 9.17) is 16.3 Å². The average Bonchev–Trinajstić information content (AvgIpc) is 3.00. The molecule has 1 atom stereocenters. The zero-order valence-corrected chi connectivity index (χ0v) is 14.4. The Hall–Kier alpha value is -1.00. The van der Waals surface area contributed by atoms with E-state index in [1.165, 1.54) is 12.8 Å². The van der Waals surface area contributed by atoms with Crippen molar-refractivity contribution in [3.05, 3.63) is 47.7 Å². The number of ether oxygens (including phenoxy) is 1. The van der Waals surface area contributed by atoms with Gasteiger partial charge in [-0.05, 0) is 43.1 Å². The summed E-state index contributed by atoms with van der Waals surface area (Å²) in [5.41, 5.74) is 2.13. The fraction of sp³-hybridized carbons (Fsp3) is 0.312. The molecule has 22 heavy (non-hydrogen) atoms. The largest absolute Gasteiger partial charge is 0.490 e. The van der Waals surface area contributed by atoms with Crippen molar-refractivity contribution in [2.75, 3.05) is 13.2 Å². The number of halogens is 3. The first-order valence-electron chi connectivity index (χ1n) is 6.88. The number of nitrogens with one attached hydrogen (secondary N) is 1. The lowest BCUT2D eigenvalue weighted by Gasteiger charge is -2.12. The molecule has 0 saturated carbocycles. The van der Waals surface area contributed by atoms with Crippen molar-refractivity contribution in [2.24, 2.45) is 0 Å². The normalized spacial score (nSPS) is 16.5. The Morgan fingerprint density at radius 3 is 2.59 bits per heavy atom. The van der Waals surface area contributed by atoms with Crippen LogP contribution in [0.1, 0.15) is 12.8 Å². The van der Waals surface area contributed by atoms with Gasteiger partial charge in [0.15, 0.2) is 0 Å². The average molecular weight is 362 g/mol. The van der Waals surface area contributed by atoms with Crippen LogP contribution in [0.3, 0.4) is 0 Å².